The minimum absolute atomic E-state index is 0.399. The van der Waals surface area contributed by atoms with Crippen molar-refractivity contribution in [2.24, 2.45) is 0 Å². The second-order valence-electron chi connectivity index (χ2n) is 5.74. The van der Waals surface area contributed by atoms with Crippen LogP contribution in [0, 0.1) is 13.8 Å². The minimum Gasteiger partial charge on any atom is -0.494 e. The van der Waals surface area contributed by atoms with Crippen LogP contribution in [0.4, 0.5) is 0 Å². The summed E-state index contributed by atoms with van der Waals surface area (Å²) in [6.07, 6.45) is 3.00. The van der Waals surface area contributed by atoms with E-state index in [0.717, 1.165) is 34.7 Å². The SMILES string of the molecule is CCOc1cc(C)c(Cl)c(C)c1C(C)CC1OC1CC. The lowest BCUT2D eigenvalue weighted by molar-refractivity contribution is 0.328. The number of aryl methyl sites for hydroxylation is 1. The molecule has 1 heterocycles. The van der Waals surface area contributed by atoms with Gasteiger partial charge in [-0.25, -0.2) is 0 Å². The maximum atomic E-state index is 6.42. The van der Waals surface area contributed by atoms with Gasteiger partial charge in [-0.05, 0) is 56.7 Å². The number of halogens is 1. The molecule has 0 aliphatic carbocycles. The fourth-order valence-electron chi connectivity index (χ4n) is 3.04. The van der Waals surface area contributed by atoms with Gasteiger partial charge in [0.1, 0.15) is 5.75 Å². The van der Waals surface area contributed by atoms with E-state index >= 15 is 0 Å². The normalized spacial score (nSPS) is 22.7. The molecule has 1 aromatic rings. The maximum Gasteiger partial charge on any atom is 0.123 e. The van der Waals surface area contributed by atoms with Crippen molar-refractivity contribution in [3.05, 3.63) is 27.8 Å². The highest BCUT2D eigenvalue weighted by Gasteiger charge is 2.38. The summed E-state index contributed by atoms with van der Waals surface area (Å²) in [4.78, 5) is 0. The number of ether oxygens (including phenoxy) is 2. The molecule has 1 aliphatic heterocycles. The molecule has 2 rings (SSSR count). The van der Waals surface area contributed by atoms with E-state index in [0.29, 0.717) is 24.7 Å². The molecule has 2 nitrogen and oxygen atoms in total. The summed E-state index contributed by atoms with van der Waals surface area (Å²) in [6.45, 7) is 11.2. The third-order valence-corrected chi connectivity index (χ3v) is 4.74. The second-order valence-corrected chi connectivity index (χ2v) is 6.11. The van der Waals surface area contributed by atoms with Crippen LogP contribution in [-0.2, 0) is 4.74 Å². The largest absolute Gasteiger partial charge is 0.494 e. The fraction of sp³-hybridized carbons (Fsp3) is 0.647. The van der Waals surface area contributed by atoms with Gasteiger partial charge in [0.05, 0.1) is 18.8 Å². The van der Waals surface area contributed by atoms with Gasteiger partial charge in [-0.1, -0.05) is 25.4 Å². The smallest absolute Gasteiger partial charge is 0.123 e. The first-order valence-electron chi connectivity index (χ1n) is 7.57. The molecule has 3 atom stereocenters. The monoisotopic (exact) mass is 296 g/mol. The fourth-order valence-corrected chi connectivity index (χ4v) is 3.19. The molecular weight excluding hydrogens is 272 g/mol. The Kier molecular flexibility index (Phi) is 4.98. The average Bonchev–Trinajstić information content (AvgIpc) is 3.14. The van der Waals surface area contributed by atoms with Gasteiger partial charge in [0.2, 0.25) is 0 Å². The molecule has 0 spiro atoms. The van der Waals surface area contributed by atoms with E-state index in [2.05, 4.69) is 26.8 Å². The number of benzene rings is 1. The summed E-state index contributed by atoms with van der Waals surface area (Å²) in [5, 5.41) is 0.860. The van der Waals surface area contributed by atoms with Gasteiger partial charge in [-0.3, -0.25) is 0 Å². The summed E-state index contributed by atoms with van der Waals surface area (Å²) in [5.74, 6) is 1.38. The van der Waals surface area contributed by atoms with Crippen LogP contribution in [-0.4, -0.2) is 18.8 Å². The van der Waals surface area contributed by atoms with Crippen molar-refractivity contribution in [1.29, 1.82) is 0 Å². The summed E-state index contributed by atoms with van der Waals surface area (Å²) < 4.78 is 11.5. The first-order chi connectivity index (χ1) is 9.49. The first kappa shape index (κ1) is 15.7. The van der Waals surface area contributed by atoms with Gasteiger partial charge in [-0.2, -0.15) is 0 Å². The first-order valence-corrected chi connectivity index (χ1v) is 7.95. The number of rotatable bonds is 6. The van der Waals surface area contributed by atoms with Crippen LogP contribution in [0.3, 0.4) is 0 Å². The Morgan fingerprint density at radius 1 is 1.30 bits per heavy atom. The molecule has 1 fully saturated rings. The Balaban J connectivity index is 2.26. The van der Waals surface area contributed by atoms with Crippen LogP contribution < -0.4 is 4.74 Å². The van der Waals surface area contributed by atoms with Gasteiger partial charge in [-0.15, -0.1) is 0 Å². The quantitative estimate of drug-likeness (QED) is 0.687. The predicted octanol–water partition coefficient (Wildman–Crippen LogP) is 5.03. The molecule has 1 aliphatic rings. The Morgan fingerprint density at radius 3 is 2.55 bits per heavy atom. The zero-order valence-electron chi connectivity index (χ0n) is 13.1. The van der Waals surface area contributed by atoms with E-state index in [-0.39, 0.29) is 0 Å². The molecule has 3 unspecified atom stereocenters. The summed E-state index contributed by atoms with van der Waals surface area (Å²) >= 11 is 6.42. The lowest BCUT2D eigenvalue weighted by Crippen LogP contribution is -2.07. The Bertz CT molecular complexity index is 484. The predicted molar refractivity (Wildman–Crippen MR) is 84.1 cm³/mol. The van der Waals surface area contributed by atoms with E-state index in [1.54, 1.807) is 0 Å². The summed E-state index contributed by atoms with van der Waals surface area (Å²) in [5.41, 5.74) is 3.47. The average molecular weight is 297 g/mol. The van der Waals surface area contributed by atoms with Gasteiger partial charge >= 0.3 is 0 Å². The van der Waals surface area contributed by atoms with Gasteiger partial charge in [0.15, 0.2) is 0 Å². The van der Waals surface area contributed by atoms with Crippen molar-refractivity contribution >= 4 is 11.6 Å². The standard InChI is InChI=1S/C17H25ClO2/c1-6-13-14(20-13)8-10(3)16-12(5)17(18)11(4)9-15(16)19-7-2/h9-10,13-14H,6-8H2,1-5H3. The van der Waals surface area contributed by atoms with Crippen molar-refractivity contribution < 1.29 is 9.47 Å². The minimum atomic E-state index is 0.399. The molecular formula is C17H25ClO2. The second kappa shape index (κ2) is 6.36. The molecule has 0 aromatic heterocycles. The highest BCUT2D eigenvalue weighted by atomic mass is 35.5. The Hall–Kier alpha value is -0.730. The van der Waals surface area contributed by atoms with Gasteiger partial charge < -0.3 is 9.47 Å². The number of hydrogen-bond acceptors (Lipinski definition) is 2. The van der Waals surface area contributed by atoms with Crippen LogP contribution in [0.25, 0.3) is 0 Å². The van der Waals surface area contributed by atoms with Crippen LogP contribution in [0.5, 0.6) is 5.75 Å². The lowest BCUT2D eigenvalue weighted by atomic mass is 9.89. The van der Waals surface area contributed by atoms with Crippen molar-refractivity contribution in [3.8, 4) is 5.75 Å². The molecule has 20 heavy (non-hydrogen) atoms. The highest BCUT2D eigenvalue weighted by Crippen LogP contribution is 2.41. The molecule has 1 aromatic carbocycles. The van der Waals surface area contributed by atoms with E-state index in [1.807, 2.05) is 13.8 Å². The zero-order valence-corrected chi connectivity index (χ0v) is 13.9. The maximum absolute atomic E-state index is 6.42. The molecule has 0 saturated carbocycles. The highest BCUT2D eigenvalue weighted by molar-refractivity contribution is 6.32. The molecule has 0 radical (unpaired) electrons. The third-order valence-electron chi connectivity index (χ3n) is 4.16. The number of hydrogen-bond donors (Lipinski definition) is 0. The lowest BCUT2D eigenvalue weighted by Gasteiger charge is -2.21. The summed E-state index contributed by atoms with van der Waals surface area (Å²) in [7, 11) is 0. The van der Waals surface area contributed by atoms with Crippen molar-refractivity contribution in [1.82, 2.24) is 0 Å². The van der Waals surface area contributed by atoms with E-state index < -0.39 is 0 Å². The topological polar surface area (TPSA) is 21.8 Å². The Morgan fingerprint density at radius 2 is 2.00 bits per heavy atom. The molecule has 0 N–H and O–H groups in total. The number of epoxide rings is 1. The van der Waals surface area contributed by atoms with E-state index in [4.69, 9.17) is 21.1 Å². The van der Waals surface area contributed by atoms with E-state index in [1.165, 1.54) is 5.56 Å². The van der Waals surface area contributed by atoms with Crippen molar-refractivity contribution in [2.45, 2.75) is 65.6 Å². The molecule has 0 bridgehead atoms. The third kappa shape index (κ3) is 3.12. The zero-order chi connectivity index (χ0) is 14.9. The molecule has 0 amide bonds. The van der Waals surface area contributed by atoms with Crippen molar-refractivity contribution in [3.63, 3.8) is 0 Å². The molecule has 112 valence electrons. The van der Waals surface area contributed by atoms with Crippen LogP contribution >= 0.6 is 11.6 Å². The van der Waals surface area contributed by atoms with E-state index in [9.17, 15) is 0 Å². The van der Waals surface area contributed by atoms with Crippen LogP contribution in [0.1, 0.15) is 56.2 Å². The van der Waals surface area contributed by atoms with Gasteiger partial charge in [0, 0.05) is 10.6 Å². The summed E-state index contributed by atoms with van der Waals surface area (Å²) in [6, 6.07) is 2.07. The van der Waals surface area contributed by atoms with Gasteiger partial charge in [0.25, 0.3) is 0 Å². The molecule has 3 heteroatoms. The van der Waals surface area contributed by atoms with Crippen LogP contribution in [0.2, 0.25) is 5.02 Å². The Labute approximate surface area is 127 Å². The van der Waals surface area contributed by atoms with Crippen molar-refractivity contribution in [2.75, 3.05) is 6.61 Å². The van der Waals surface area contributed by atoms with Crippen LogP contribution in [0.15, 0.2) is 6.07 Å². The molecule has 1 saturated heterocycles.